The predicted octanol–water partition coefficient (Wildman–Crippen LogP) is 0.0220. The maximum absolute atomic E-state index is 13.2. The molecule has 2 amide bonds. The molecule has 2 N–H and O–H groups in total. The zero-order valence-corrected chi connectivity index (χ0v) is 15.5. The molecule has 0 aromatic heterocycles. The van der Waals surface area contributed by atoms with Gasteiger partial charge in [-0.1, -0.05) is 13.8 Å². The first-order valence-corrected chi connectivity index (χ1v) is 9.01. The van der Waals surface area contributed by atoms with E-state index in [1.165, 1.54) is 0 Å². The lowest BCUT2D eigenvalue weighted by Gasteiger charge is -2.26. The van der Waals surface area contributed by atoms with Gasteiger partial charge in [-0.05, 0) is 13.8 Å². The molecule has 0 bridgehead atoms. The number of carbonyl (C=O) groups is 4. The minimum atomic E-state index is -0.420. The molecule has 2 atom stereocenters. The van der Waals surface area contributed by atoms with Gasteiger partial charge in [-0.15, -0.1) is 0 Å². The average Bonchev–Trinajstić information content (AvgIpc) is 3.51. The SMILES string of the molecule is CCC(=O)NC1=C(N2C[C@H]2C)C(=O)C(NC(=O)CC)=C(N2C[C@@H]2C)C1=O. The van der Waals surface area contributed by atoms with E-state index < -0.39 is 11.6 Å². The van der Waals surface area contributed by atoms with Crippen molar-refractivity contribution in [2.75, 3.05) is 13.1 Å². The van der Waals surface area contributed by atoms with E-state index in [0.29, 0.717) is 13.1 Å². The minimum absolute atomic E-state index is 0.0230. The second-order valence-corrected chi connectivity index (χ2v) is 6.91. The van der Waals surface area contributed by atoms with Crippen LogP contribution < -0.4 is 10.6 Å². The molecule has 2 heterocycles. The summed E-state index contributed by atoms with van der Waals surface area (Å²) in [7, 11) is 0. The second kappa shape index (κ2) is 6.59. The van der Waals surface area contributed by atoms with Crippen LogP contribution in [0.15, 0.2) is 22.8 Å². The van der Waals surface area contributed by atoms with E-state index in [1.54, 1.807) is 23.6 Å². The molecule has 0 aromatic carbocycles. The lowest BCUT2D eigenvalue weighted by molar-refractivity contribution is -0.124. The van der Waals surface area contributed by atoms with Crippen LogP contribution in [-0.4, -0.2) is 58.4 Å². The Bertz CT molecular complexity index is 703. The number of nitrogens with one attached hydrogen (secondary N) is 2. The Morgan fingerprint density at radius 1 is 0.846 bits per heavy atom. The van der Waals surface area contributed by atoms with Crippen LogP contribution >= 0.6 is 0 Å². The fourth-order valence-corrected chi connectivity index (χ4v) is 3.01. The van der Waals surface area contributed by atoms with Gasteiger partial charge in [-0.3, -0.25) is 19.2 Å². The molecular weight excluding hydrogens is 336 g/mol. The molecule has 2 aliphatic heterocycles. The van der Waals surface area contributed by atoms with Crippen molar-refractivity contribution >= 4 is 23.4 Å². The molecule has 26 heavy (non-hydrogen) atoms. The van der Waals surface area contributed by atoms with Crippen molar-refractivity contribution in [2.45, 2.75) is 52.6 Å². The van der Waals surface area contributed by atoms with E-state index in [-0.39, 0.29) is 59.5 Å². The topological polar surface area (TPSA) is 98.4 Å². The summed E-state index contributed by atoms with van der Waals surface area (Å²) in [5.74, 6) is -1.49. The maximum atomic E-state index is 13.2. The minimum Gasteiger partial charge on any atom is -0.360 e. The highest BCUT2D eigenvalue weighted by Gasteiger charge is 2.48. The van der Waals surface area contributed by atoms with Gasteiger partial charge in [0.15, 0.2) is 0 Å². The van der Waals surface area contributed by atoms with E-state index >= 15 is 0 Å². The first-order chi connectivity index (χ1) is 12.3. The third-order valence-electron chi connectivity index (χ3n) is 4.82. The predicted molar refractivity (Wildman–Crippen MR) is 93.3 cm³/mol. The highest BCUT2D eigenvalue weighted by atomic mass is 16.2. The van der Waals surface area contributed by atoms with Gasteiger partial charge in [-0.25, -0.2) is 0 Å². The molecule has 0 aromatic rings. The number of ketones is 2. The molecule has 0 saturated carbocycles. The Morgan fingerprint density at radius 2 is 1.15 bits per heavy atom. The zero-order chi connectivity index (χ0) is 19.2. The maximum Gasteiger partial charge on any atom is 0.229 e. The Balaban J connectivity index is 2.06. The van der Waals surface area contributed by atoms with Crippen LogP contribution in [0.3, 0.4) is 0 Å². The monoisotopic (exact) mass is 360 g/mol. The largest absolute Gasteiger partial charge is 0.360 e. The Morgan fingerprint density at radius 3 is 1.38 bits per heavy atom. The van der Waals surface area contributed by atoms with E-state index in [2.05, 4.69) is 10.6 Å². The first kappa shape index (κ1) is 18.2. The lowest BCUT2D eigenvalue weighted by atomic mass is 9.98. The van der Waals surface area contributed by atoms with Crippen molar-refractivity contribution in [3.05, 3.63) is 22.8 Å². The summed E-state index contributed by atoms with van der Waals surface area (Å²) in [5, 5.41) is 5.22. The summed E-state index contributed by atoms with van der Waals surface area (Å²) in [4.78, 5) is 53.8. The van der Waals surface area contributed by atoms with E-state index in [1.807, 2.05) is 13.8 Å². The molecule has 0 radical (unpaired) electrons. The van der Waals surface area contributed by atoms with Gasteiger partial charge in [0, 0.05) is 38.0 Å². The Kier molecular flexibility index (Phi) is 4.60. The summed E-state index contributed by atoms with van der Waals surface area (Å²) in [6, 6.07) is 0.222. The summed E-state index contributed by atoms with van der Waals surface area (Å²) in [6.45, 7) is 8.48. The van der Waals surface area contributed by atoms with E-state index in [0.717, 1.165) is 0 Å². The smallest absolute Gasteiger partial charge is 0.229 e. The molecule has 1 aliphatic carbocycles. The number of hydrogen-bond acceptors (Lipinski definition) is 6. The van der Waals surface area contributed by atoms with Crippen LogP contribution in [0.1, 0.15) is 40.5 Å². The lowest BCUT2D eigenvalue weighted by Crippen LogP contribution is -2.43. The fraction of sp³-hybridized carbons (Fsp3) is 0.556. The number of rotatable bonds is 6. The van der Waals surface area contributed by atoms with Crippen LogP contribution in [0.2, 0.25) is 0 Å². The Labute approximate surface area is 152 Å². The summed E-state index contributed by atoms with van der Waals surface area (Å²) >= 11 is 0. The highest BCUT2D eigenvalue weighted by Crippen LogP contribution is 2.36. The van der Waals surface area contributed by atoms with Crippen molar-refractivity contribution in [3.63, 3.8) is 0 Å². The quantitative estimate of drug-likeness (QED) is 0.512. The highest BCUT2D eigenvalue weighted by molar-refractivity contribution is 6.26. The van der Waals surface area contributed by atoms with Gasteiger partial charge in [0.05, 0.1) is 0 Å². The second-order valence-electron chi connectivity index (χ2n) is 6.91. The van der Waals surface area contributed by atoms with Crippen LogP contribution in [-0.2, 0) is 19.2 Å². The van der Waals surface area contributed by atoms with Gasteiger partial charge in [0.25, 0.3) is 0 Å². The zero-order valence-electron chi connectivity index (χ0n) is 15.5. The number of Topliss-reactive ketones (excluding diaryl/α,β-unsaturated/α-hetero) is 2. The van der Waals surface area contributed by atoms with Gasteiger partial charge in [0.2, 0.25) is 23.4 Å². The van der Waals surface area contributed by atoms with Crippen LogP contribution in [0.25, 0.3) is 0 Å². The fourth-order valence-electron chi connectivity index (χ4n) is 3.01. The van der Waals surface area contributed by atoms with Crippen LogP contribution in [0, 0.1) is 0 Å². The molecule has 0 unspecified atom stereocenters. The normalized spacial score (nSPS) is 24.9. The van der Waals surface area contributed by atoms with Crippen LogP contribution in [0.5, 0.6) is 0 Å². The summed E-state index contributed by atoms with van der Waals surface area (Å²) in [5.41, 5.74) is 0.396. The van der Waals surface area contributed by atoms with Crippen molar-refractivity contribution in [2.24, 2.45) is 0 Å². The molecule has 8 heteroatoms. The number of hydrogen-bond donors (Lipinski definition) is 2. The van der Waals surface area contributed by atoms with Gasteiger partial charge < -0.3 is 20.4 Å². The van der Waals surface area contributed by atoms with Crippen molar-refractivity contribution < 1.29 is 19.2 Å². The van der Waals surface area contributed by atoms with Crippen molar-refractivity contribution in [1.29, 1.82) is 0 Å². The molecule has 3 aliphatic rings. The van der Waals surface area contributed by atoms with Crippen molar-refractivity contribution in [1.82, 2.24) is 20.4 Å². The van der Waals surface area contributed by atoms with Crippen molar-refractivity contribution in [3.8, 4) is 0 Å². The number of nitrogens with zero attached hydrogens (tertiary/aromatic N) is 2. The summed E-state index contributed by atoms with van der Waals surface area (Å²) in [6.07, 6.45) is 0.402. The third-order valence-corrected chi connectivity index (χ3v) is 4.82. The van der Waals surface area contributed by atoms with Crippen LogP contribution in [0.4, 0.5) is 0 Å². The molecule has 140 valence electrons. The third kappa shape index (κ3) is 3.11. The van der Waals surface area contributed by atoms with Gasteiger partial charge >= 0.3 is 0 Å². The molecule has 0 spiro atoms. The first-order valence-electron chi connectivity index (χ1n) is 9.01. The average molecular weight is 360 g/mol. The molecular formula is C18H24N4O4. The molecule has 2 fully saturated rings. The summed E-state index contributed by atoms with van der Waals surface area (Å²) < 4.78 is 0. The van der Waals surface area contributed by atoms with E-state index in [4.69, 9.17) is 0 Å². The standard InChI is InChI=1S/C18H24N4O4/c1-5-11(23)19-13-15(21-7-9(21)3)18(26)14(20-12(24)6-2)16(17(13)25)22-8-10(22)4/h9-10H,5-8H2,1-4H3,(H,19,23)(H,20,24)/t9-,10+,21?,22?. The molecule has 8 nitrogen and oxygen atoms in total. The van der Waals surface area contributed by atoms with Gasteiger partial charge in [0.1, 0.15) is 22.8 Å². The van der Waals surface area contributed by atoms with Gasteiger partial charge in [-0.2, -0.15) is 0 Å². The molecule has 2 saturated heterocycles. The van der Waals surface area contributed by atoms with E-state index in [9.17, 15) is 19.2 Å². The number of carbonyl (C=O) groups excluding carboxylic acids is 4. The Hall–Kier alpha value is -2.64. The molecule has 3 rings (SSSR count). The number of amides is 2.